The maximum absolute atomic E-state index is 12.5. The molecule has 0 radical (unpaired) electrons. The van der Waals surface area contributed by atoms with Crippen molar-refractivity contribution in [2.75, 3.05) is 11.1 Å². The lowest BCUT2D eigenvalue weighted by Gasteiger charge is -2.06. The van der Waals surface area contributed by atoms with Crippen LogP contribution in [0.15, 0.2) is 53.4 Å². The van der Waals surface area contributed by atoms with Gasteiger partial charge in [0.25, 0.3) is 0 Å². The molecule has 1 N–H and O–H groups in total. The summed E-state index contributed by atoms with van der Waals surface area (Å²) in [5.41, 5.74) is 2.74. The predicted octanol–water partition coefficient (Wildman–Crippen LogP) is 5.48. The van der Waals surface area contributed by atoms with E-state index in [2.05, 4.69) is 15.4 Å². The molecule has 0 aliphatic heterocycles. The van der Waals surface area contributed by atoms with Gasteiger partial charge in [0.05, 0.1) is 21.2 Å². The van der Waals surface area contributed by atoms with Crippen LogP contribution in [0, 0.1) is 13.8 Å². The summed E-state index contributed by atoms with van der Waals surface area (Å²) in [5.74, 6) is 0.826. The van der Waals surface area contributed by atoms with Crippen molar-refractivity contribution in [3.8, 4) is 5.13 Å². The number of hydrogen-bond donors (Lipinski definition) is 1. The number of hydrogen-bond acceptors (Lipinski definition) is 5. The van der Waals surface area contributed by atoms with Crippen molar-refractivity contribution in [1.29, 1.82) is 0 Å². The van der Waals surface area contributed by atoms with E-state index in [1.807, 2.05) is 62.4 Å². The maximum Gasteiger partial charge on any atom is 0.235 e. The number of carbonyl (C=O) groups excluding carboxylic acids is 1. The van der Waals surface area contributed by atoms with Gasteiger partial charge in [-0.05, 0) is 38.1 Å². The number of para-hydroxylation sites is 1. The lowest BCUT2D eigenvalue weighted by Crippen LogP contribution is -2.16. The van der Waals surface area contributed by atoms with Gasteiger partial charge >= 0.3 is 0 Å². The molecule has 1 amide bonds. The minimum absolute atomic E-state index is 0.0918. The zero-order valence-corrected chi connectivity index (χ0v) is 17.7. The van der Waals surface area contributed by atoms with Crippen LogP contribution in [-0.2, 0) is 4.79 Å². The molecule has 2 heterocycles. The topological polar surface area (TPSA) is 59.8 Å². The lowest BCUT2D eigenvalue weighted by molar-refractivity contribution is -0.113. The number of benzene rings is 2. The molecule has 0 atom stereocenters. The Balaban J connectivity index is 1.53. The second-order valence-electron chi connectivity index (χ2n) is 6.32. The van der Waals surface area contributed by atoms with Crippen molar-refractivity contribution in [2.45, 2.75) is 18.7 Å². The number of fused-ring (bicyclic) bond motifs is 1. The van der Waals surface area contributed by atoms with E-state index in [0.29, 0.717) is 21.7 Å². The van der Waals surface area contributed by atoms with Crippen LogP contribution in [0.3, 0.4) is 0 Å². The number of aromatic nitrogens is 3. The summed E-state index contributed by atoms with van der Waals surface area (Å²) in [6, 6.07) is 15.6. The van der Waals surface area contributed by atoms with Crippen LogP contribution in [-0.4, -0.2) is 26.4 Å². The molecular weight excluding hydrogens is 412 g/mol. The van der Waals surface area contributed by atoms with Gasteiger partial charge < -0.3 is 5.32 Å². The molecule has 0 unspecified atom stereocenters. The maximum atomic E-state index is 12.5. The highest BCUT2D eigenvalue weighted by Gasteiger charge is 2.15. The molecule has 2 aromatic heterocycles. The molecule has 0 spiro atoms. The molecule has 0 aliphatic rings. The van der Waals surface area contributed by atoms with Gasteiger partial charge in [0.2, 0.25) is 11.0 Å². The Bertz CT molecular complexity index is 1150. The van der Waals surface area contributed by atoms with Gasteiger partial charge in [-0.15, -0.1) is 11.8 Å². The first-order valence-electron chi connectivity index (χ1n) is 8.61. The molecule has 0 bridgehead atoms. The first kappa shape index (κ1) is 19.0. The number of nitrogens with zero attached hydrogens (tertiary/aromatic N) is 3. The average Bonchev–Trinajstić information content (AvgIpc) is 3.25. The molecular formula is C20H17ClN4OS2. The highest BCUT2D eigenvalue weighted by atomic mass is 35.5. The second kappa shape index (κ2) is 7.95. The molecule has 4 rings (SSSR count). The highest BCUT2D eigenvalue weighted by Crippen LogP contribution is 2.31. The van der Waals surface area contributed by atoms with E-state index in [1.165, 1.54) is 28.7 Å². The van der Waals surface area contributed by atoms with Crippen LogP contribution in [0.2, 0.25) is 5.02 Å². The zero-order chi connectivity index (χ0) is 19.7. The Morgan fingerprint density at radius 3 is 2.75 bits per heavy atom. The van der Waals surface area contributed by atoms with Crippen LogP contribution < -0.4 is 5.32 Å². The van der Waals surface area contributed by atoms with Crippen molar-refractivity contribution in [3.63, 3.8) is 0 Å². The molecule has 28 heavy (non-hydrogen) atoms. The Labute approximate surface area is 175 Å². The summed E-state index contributed by atoms with van der Waals surface area (Å²) in [6.45, 7) is 3.92. The third kappa shape index (κ3) is 4.06. The fraction of sp³-hybridized carbons (Fsp3) is 0.150. The summed E-state index contributed by atoms with van der Waals surface area (Å²) >= 11 is 9.22. The molecule has 0 saturated heterocycles. The molecule has 0 fully saturated rings. The van der Waals surface area contributed by atoms with Crippen LogP contribution in [0.4, 0.5) is 5.82 Å². The van der Waals surface area contributed by atoms with E-state index in [9.17, 15) is 4.79 Å². The molecule has 4 aromatic rings. The lowest BCUT2D eigenvalue weighted by atomic mass is 10.2. The summed E-state index contributed by atoms with van der Waals surface area (Å²) < 4.78 is 2.63. The van der Waals surface area contributed by atoms with Crippen molar-refractivity contribution in [1.82, 2.24) is 14.8 Å². The molecule has 0 saturated carbocycles. The summed E-state index contributed by atoms with van der Waals surface area (Å²) in [7, 11) is 0. The van der Waals surface area contributed by atoms with Crippen molar-refractivity contribution in [2.24, 2.45) is 0 Å². The fourth-order valence-corrected chi connectivity index (χ4v) is 4.62. The number of carbonyl (C=O) groups is 1. The largest absolute Gasteiger partial charge is 0.310 e. The Hall–Kier alpha value is -2.35. The minimum atomic E-state index is -0.0918. The predicted molar refractivity (Wildman–Crippen MR) is 117 cm³/mol. The minimum Gasteiger partial charge on any atom is -0.310 e. The third-order valence-electron chi connectivity index (χ3n) is 4.03. The normalized spacial score (nSPS) is 11.1. The van der Waals surface area contributed by atoms with Crippen LogP contribution in [0.25, 0.3) is 15.3 Å². The van der Waals surface area contributed by atoms with E-state index < -0.39 is 0 Å². The second-order valence-corrected chi connectivity index (χ2v) is 8.78. The van der Waals surface area contributed by atoms with E-state index in [0.717, 1.165) is 20.8 Å². The van der Waals surface area contributed by atoms with Crippen molar-refractivity contribution < 1.29 is 4.79 Å². The van der Waals surface area contributed by atoms with Crippen LogP contribution >= 0.6 is 34.7 Å². The first-order chi connectivity index (χ1) is 13.5. The van der Waals surface area contributed by atoms with E-state index in [4.69, 9.17) is 11.6 Å². The van der Waals surface area contributed by atoms with Crippen molar-refractivity contribution in [3.05, 3.63) is 64.8 Å². The van der Waals surface area contributed by atoms with Gasteiger partial charge in [-0.25, -0.2) is 4.98 Å². The van der Waals surface area contributed by atoms with E-state index >= 15 is 0 Å². The Kier molecular flexibility index (Phi) is 5.39. The number of anilines is 1. The van der Waals surface area contributed by atoms with Gasteiger partial charge in [-0.1, -0.05) is 46.7 Å². The van der Waals surface area contributed by atoms with Gasteiger partial charge in [-0.2, -0.15) is 9.78 Å². The first-order valence-corrected chi connectivity index (χ1v) is 10.8. The quantitative estimate of drug-likeness (QED) is 0.427. The summed E-state index contributed by atoms with van der Waals surface area (Å²) in [6.07, 6.45) is 0. The highest BCUT2D eigenvalue weighted by molar-refractivity contribution is 8.00. The van der Waals surface area contributed by atoms with Gasteiger partial charge in [-0.3, -0.25) is 4.79 Å². The summed E-state index contributed by atoms with van der Waals surface area (Å²) in [5, 5.41) is 8.70. The van der Waals surface area contributed by atoms with Crippen LogP contribution in [0.1, 0.15) is 11.3 Å². The number of thiazole rings is 1. The van der Waals surface area contributed by atoms with E-state index in [-0.39, 0.29) is 5.91 Å². The van der Waals surface area contributed by atoms with Gasteiger partial charge in [0.1, 0.15) is 11.3 Å². The monoisotopic (exact) mass is 428 g/mol. The molecule has 2 aromatic carbocycles. The van der Waals surface area contributed by atoms with Crippen molar-refractivity contribution >= 4 is 56.6 Å². The molecule has 5 nitrogen and oxygen atoms in total. The zero-order valence-electron chi connectivity index (χ0n) is 15.3. The molecule has 0 aliphatic carbocycles. The number of nitrogens with one attached hydrogen (secondary N) is 1. The smallest absolute Gasteiger partial charge is 0.235 e. The fourth-order valence-electron chi connectivity index (χ4n) is 2.69. The third-order valence-corrected chi connectivity index (χ3v) is 6.34. The average molecular weight is 429 g/mol. The standard InChI is InChI=1S/C20H17ClN4OS2/c1-12-6-8-14(9-7-12)27-11-18(26)22-17-10-13(2)24-25(17)20-23-19-15(21)4-3-5-16(19)28-20/h3-10H,11H2,1-2H3,(H,22,26). The molecule has 8 heteroatoms. The number of amides is 1. The summed E-state index contributed by atoms with van der Waals surface area (Å²) in [4.78, 5) is 18.1. The SMILES string of the molecule is Cc1ccc(SCC(=O)Nc2cc(C)nn2-c2nc3c(Cl)cccc3s2)cc1. The number of halogens is 1. The van der Waals surface area contributed by atoms with Gasteiger partial charge in [0, 0.05) is 11.0 Å². The van der Waals surface area contributed by atoms with Crippen LogP contribution in [0.5, 0.6) is 0 Å². The Morgan fingerprint density at radius 1 is 1.21 bits per heavy atom. The number of rotatable bonds is 5. The number of aryl methyl sites for hydroxylation is 2. The van der Waals surface area contributed by atoms with E-state index in [1.54, 1.807) is 4.68 Å². The number of thioether (sulfide) groups is 1. The van der Waals surface area contributed by atoms with Gasteiger partial charge in [0.15, 0.2) is 0 Å². The Morgan fingerprint density at radius 2 is 2.00 bits per heavy atom. The molecule has 142 valence electrons.